The van der Waals surface area contributed by atoms with Crippen LogP contribution in [0.4, 0.5) is 0 Å². The van der Waals surface area contributed by atoms with Crippen LogP contribution in [-0.4, -0.2) is 58.5 Å². The van der Waals surface area contributed by atoms with E-state index < -0.39 is 0 Å². The molecule has 0 fully saturated rings. The number of carbonyl (C=O) groups excluding carboxylic acids is 3. The molecule has 0 aromatic heterocycles. The van der Waals surface area contributed by atoms with Gasteiger partial charge in [0.2, 0.25) is 0 Å². The maximum absolute atomic E-state index is 10.7. The van der Waals surface area contributed by atoms with Crippen LogP contribution in [0.5, 0.6) is 0 Å². The molecule has 0 N–H and O–H groups in total. The van der Waals surface area contributed by atoms with Crippen molar-refractivity contribution in [2.45, 2.75) is 266 Å². The molecule has 0 aliphatic carbocycles. The Morgan fingerprint density at radius 3 is 0.932 bits per heavy atom. The summed E-state index contributed by atoms with van der Waals surface area (Å²) >= 11 is 5.30. The molecular weight excluding hydrogens is 1730 g/mol. The molecule has 0 aliphatic rings. The standard InChI is InChI=1S/3C16H26O2.C14H20O.2C12H16O.4CH4.I3.HI/c2*1-6-17-16(18-7-2)15-9-8-14(10-12(3)4)11-13(15)5;1-6-17-16(18-7-2)15-9-8-13(5)11-14(15)10-12(3)4;1-11(2)9-13-6-7-14(5-4-8-15)12(3)10-13;1-9(2)6-11-4-5-12(8-13)10(3)7-11;1-9(2)6-12-7-10(3)4-5-11(12)8-13;;;;;1-3-2;/h3*8-9,11-12,16H,6-7,10H2,1-5H3;6-8,10-11H,4-5,9H2,1-3H3;2*4-5,7-9H,6H2,1-3H3;4*1H4;;1H/q;;;;;;;;;;-1;. The molecule has 0 spiro atoms. The second-order valence-corrected chi connectivity index (χ2v) is 43.8. The van der Waals surface area contributed by atoms with E-state index in [9.17, 15) is 14.4 Å². The number of aldehydes is 3. The van der Waals surface area contributed by atoms with Crippen molar-refractivity contribution in [3.63, 3.8) is 0 Å². The van der Waals surface area contributed by atoms with Gasteiger partial charge in [-0.3, -0.25) is 9.59 Å². The van der Waals surface area contributed by atoms with Gasteiger partial charge in [0, 0.05) is 73.9 Å². The van der Waals surface area contributed by atoms with Gasteiger partial charge >= 0.3 is 50.5 Å². The summed E-state index contributed by atoms with van der Waals surface area (Å²) in [6.07, 6.45) is 10.2. The van der Waals surface area contributed by atoms with Gasteiger partial charge < -0.3 is 33.2 Å². The molecule has 0 saturated carbocycles. The van der Waals surface area contributed by atoms with E-state index in [1.54, 1.807) is 0 Å². The summed E-state index contributed by atoms with van der Waals surface area (Å²) in [6, 6.07) is 38.3. The van der Waals surface area contributed by atoms with E-state index in [-0.39, 0.29) is 72.6 Å². The van der Waals surface area contributed by atoms with Crippen LogP contribution in [0.15, 0.2) is 109 Å². The van der Waals surface area contributed by atoms with Gasteiger partial charge in [0.05, 0.1) is 0 Å². The normalized spacial score (nSPS) is 10.4. The summed E-state index contributed by atoms with van der Waals surface area (Å²) in [6.45, 7) is 55.2. The summed E-state index contributed by atoms with van der Waals surface area (Å²) in [5, 5.41) is 0. The van der Waals surface area contributed by atoms with Crippen molar-refractivity contribution in [2.75, 3.05) is 39.6 Å². The number of rotatable bonds is 32. The van der Waals surface area contributed by atoms with E-state index >= 15 is 0 Å². The Bertz CT molecular complexity index is 3010. The van der Waals surface area contributed by atoms with Gasteiger partial charge in [0.15, 0.2) is 18.9 Å². The Hall–Kier alpha value is -2.99. The third kappa shape index (κ3) is 49.6. The monoisotopic (exact) mass is 1880 g/mol. The molecule has 0 amide bonds. The number of benzene rings is 6. The Morgan fingerprint density at radius 1 is 0.340 bits per heavy atom. The second kappa shape index (κ2) is 66.0. The molecule has 0 bridgehead atoms. The maximum atomic E-state index is 10.7. The number of aryl methyl sites for hydroxylation is 7. The van der Waals surface area contributed by atoms with Crippen LogP contribution in [-0.2, 0) is 78.2 Å². The molecule has 103 heavy (non-hydrogen) atoms. The van der Waals surface area contributed by atoms with E-state index in [4.69, 9.17) is 28.4 Å². The Labute approximate surface area is 680 Å². The fraction of sp³-hybridized carbons (Fsp3) is 0.567. The number of ether oxygens (including phenoxy) is 6. The number of halogens is 4. The third-order valence-corrected chi connectivity index (χ3v) is 15.3. The summed E-state index contributed by atoms with van der Waals surface area (Å²) in [7, 11) is 0. The van der Waals surface area contributed by atoms with Crippen molar-refractivity contribution < 1.29 is 56.1 Å². The molecule has 9 nitrogen and oxygen atoms in total. The van der Waals surface area contributed by atoms with Gasteiger partial charge in [-0.1, -0.05) is 233 Å². The minimum absolute atomic E-state index is 0. The van der Waals surface area contributed by atoms with Gasteiger partial charge in [0.25, 0.3) is 0 Å². The number of hydrogen-bond donors (Lipinski definition) is 0. The van der Waals surface area contributed by atoms with Crippen LogP contribution >= 0.6 is 61.2 Å². The van der Waals surface area contributed by atoms with Crippen molar-refractivity contribution in [3.05, 3.63) is 209 Å². The number of hydrogen-bond acceptors (Lipinski definition) is 9. The summed E-state index contributed by atoms with van der Waals surface area (Å²) in [5.41, 5.74) is 21.8. The number of carbonyl (C=O) groups is 3. The molecule has 6 rings (SSSR count). The zero-order valence-electron chi connectivity index (χ0n) is 65.4. The molecule has 0 atom stereocenters. The van der Waals surface area contributed by atoms with Crippen LogP contribution in [0, 0.1) is 77.0 Å². The third-order valence-electron chi connectivity index (χ3n) is 15.3. The first kappa shape index (κ1) is 111. The summed E-state index contributed by atoms with van der Waals surface area (Å²) < 4.78 is 34.0. The summed E-state index contributed by atoms with van der Waals surface area (Å²) in [4.78, 5) is 31.6. The van der Waals surface area contributed by atoms with Crippen molar-refractivity contribution in [3.8, 4) is 0 Å². The zero-order valence-corrected chi connectivity index (χ0v) is 74.2. The molecular formula is C90H147I4O9-. The van der Waals surface area contributed by atoms with Crippen LogP contribution in [0.3, 0.4) is 0 Å². The molecule has 13 heteroatoms. The Kier molecular flexibility index (Phi) is 71.1. The molecule has 6 aromatic rings. The van der Waals surface area contributed by atoms with Gasteiger partial charge in [-0.05, 0) is 225 Å². The van der Waals surface area contributed by atoms with Crippen LogP contribution in [0.1, 0.15) is 289 Å². The van der Waals surface area contributed by atoms with Gasteiger partial charge in [-0.25, -0.2) is 0 Å². The molecule has 0 aliphatic heterocycles. The average Bonchev–Trinajstić information content (AvgIpc) is 0.860. The first-order valence-corrected chi connectivity index (χ1v) is 48.6. The van der Waals surface area contributed by atoms with Crippen molar-refractivity contribution in [1.82, 2.24) is 0 Å². The minimum atomic E-state index is -0.229. The van der Waals surface area contributed by atoms with Gasteiger partial charge in [-0.15, -0.1) is 24.0 Å². The van der Waals surface area contributed by atoms with Gasteiger partial charge in [0.1, 0.15) is 18.9 Å². The van der Waals surface area contributed by atoms with E-state index in [1.165, 1.54) is 72.3 Å². The van der Waals surface area contributed by atoms with Crippen molar-refractivity contribution in [1.29, 1.82) is 0 Å². The first-order chi connectivity index (χ1) is 46.5. The van der Waals surface area contributed by atoms with E-state index in [2.05, 4.69) is 240 Å². The first-order valence-electron chi connectivity index (χ1n) is 36.0. The zero-order chi connectivity index (χ0) is 74.3. The van der Waals surface area contributed by atoms with Crippen LogP contribution < -0.4 is 13.3 Å². The van der Waals surface area contributed by atoms with Crippen molar-refractivity contribution >= 4 is 80.1 Å². The van der Waals surface area contributed by atoms with E-state index in [0.717, 1.165) is 91.6 Å². The topological polar surface area (TPSA) is 107 Å². The average molecular weight is 1880 g/mol. The second-order valence-electron chi connectivity index (χ2n) is 27.5. The molecule has 6 aromatic carbocycles. The van der Waals surface area contributed by atoms with Crippen LogP contribution in [0.2, 0.25) is 0 Å². The SMILES string of the molecule is C.C.C.C.CCOC(OCC)c1ccc(C)cc1CC(C)C.CCOC(OCC)c1ccc(CC(C)C)cc1C.CCOC(OCC)c1ccc(CC(C)C)cc1C.Cc1cc(CC(C)C)ccc1C=O.Cc1cc(CC(C)C)ccc1CCC=O.Cc1ccc(C=O)c(CC(C)C)c1.I.I[I-]I. The molecule has 0 radical (unpaired) electrons. The van der Waals surface area contributed by atoms with E-state index in [1.807, 2.05) is 72.7 Å². The fourth-order valence-corrected chi connectivity index (χ4v) is 11.2. The predicted octanol–water partition coefficient (Wildman–Crippen LogP) is 24.1. The molecule has 590 valence electrons. The predicted molar refractivity (Wildman–Crippen MR) is 472 cm³/mol. The van der Waals surface area contributed by atoms with Crippen molar-refractivity contribution in [2.24, 2.45) is 35.5 Å². The fourth-order valence-electron chi connectivity index (χ4n) is 11.2. The molecule has 0 heterocycles. The Balaban J connectivity index is -0.000000270. The Morgan fingerprint density at radius 2 is 0.621 bits per heavy atom. The quantitative estimate of drug-likeness (QED) is 0.0232. The summed E-state index contributed by atoms with van der Waals surface area (Å²) in [5.74, 6) is 3.97. The van der Waals surface area contributed by atoms with Gasteiger partial charge in [-0.2, -0.15) is 0 Å². The molecule has 0 unspecified atom stereocenters. The van der Waals surface area contributed by atoms with Crippen LogP contribution in [0.25, 0.3) is 0 Å². The molecule has 0 saturated heterocycles. The van der Waals surface area contributed by atoms with E-state index in [0.29, 0.717) is 94.8 Å².